The Kier molecular flexibility index (Phi) is 2.18. The van der Waals surface area contributed by atoms with E-state index in [2.05, 4.69) is 29.1 Å². The molecule has 3 rings (SSSR count). The first kappa shape index (κ1) is 10.0. The van der Waals surface area contributed by atoms with Crippen LogP contribution in [0.4, 0.5) is 0 Å². The van der Waals surface area contributed by atoms with Crippen LogP contribution in [0.2, 0.25) is 0 Å². The highest BCUT2D eigenvalue weighted by molar-refractivity contribution is 5.86. The van der Waals surface area contributed by atoms with Gasteiger partial charge in [0.05, 0.1) is 11.7 Å². The third-order valence-electron chi connectivity index (χ3n) is 2.98. The van der Waals surface area contributed by atoms with Crippen molar-refractivity contribution in [3.05, 3.63) is 48.4 Å². The summed E-state index contributed by atoms with van der Waals surface area (Å²) >= 11 is 0. The van der Waals surface area contributed by atoms with Crippen molar-refractivity contribution in [1.29, 1.82) is 0 Å². The number of rotatable bonds is 1. The van der Waals surface area contributed by atoms with E-state index in [0.717, 1.165) is 16.6 Å². The molecule has 0 aliphatic heterocycles. The summed E-state index contributed by atoms with van der Waals surface area (Å²) in [7, 11) is 1.92. The maximum absolute atomic E-state index is 4.49. The third kappa shape index (κ3) is 1.69. The average molecular weight is 223 g/mol. The molecule has 0 saturated heterocycles. The lowest BCUT2D eigenvalue weighted by Crippen LogP contribution is -1.85. The maximum Gasteiger partial charge on any atom is 0.0705 e. The minimum absolute atomic E-state index is 1.04. The van der Waals surface area contributed by atoms with Crippen LogP contribution in [0.1, 0.15) is 5.56 Å². The van der Waals surface area contributed by atoms with Gasteiger partial charge in [0, 0.05) is 36.0 Å². The van der Waals surface area contributed by atoms with Gasteiger partial charge in [-0.05, 0) is 24.6 Å². The highest BCUT2D eigenvalue weighted by Gasteiger charge is 2.04. The van der Waals surface area contributed by atoms with Gasteiger partial charge < -0.3 is 0 Å². The Morgan fingerprint density at radius 3 is 2.76 bits per heavy atom. The predicted molar refractivity (Wildman–Crippen MR) is 68.7 cm³/mol. The predicted octanol–water partition coefficient (Wildman–Crippen LogP) is 2.94. The van der Waals surface area contributed by atoms with Crippen LogP contribution in [-0.4, -0.2) is 14.8 Å². The average Bonchev–Trinajstić information content (AvgIpc) is 2.76. The van der Waals surface area contributed by atoms with Crippen molar-refractivity contribution in [3.8, 4) is 11.1 Å². The highest BCUT2D eigenvalue weighted by Crippen LogP contribution is 2.23. The van der Waals surface area contributed by atoms with Gasteiger partial charge in [-0.3, -0.25) is 9.67 Å². The Morgan fingerprint density at radius 2 is 2.00 bits per heavy atom. The van der Waals surface area contributed by atoms with E-state index in [4.69, 9.17) is 0 Å². The molecule has 0 atom stereocenters. The second-order valence-electron chi connectivity index (χ2n) is 4.27. The fourth-order valence-electron chi connectivity index (χ4n) is 2.03. The molecule has 0 aliphatic rings. The van der Waals surface area contributed by atoms with Gasteiger partial charge >= 0.3 is 0 Å². The van der Waals surface area contributed by atoms with E-state index in [-0.39, 0.29) is 0 Å². The van der Waals surface area contributed by atoms with E-state index < -0.39 is 0 Å². The zero-order chi connectivity index (χ0) is 11.8. The van der Waals surface area contributed by atoms with E-state index in [1.807, 2.05) is 37.8 Å². The minimum atomic E-state index is 1.04. The molecular formula is C14H13N3. The molecule has 2 heterocycles. The Balaban J connectivity index is 2.22. The molecule has 0 saturated carbocycles. The first-order valence-corrected chi connectivity index (χ1v) is 5.58. The monoisotopic (exact) mass is 223 g/mol. The van der Waals surface area contributed by atoms with Crippen LogP contribution >= 0.6 is 0 Å². The largest absolute Gasteiger partial charge is 0.275 e. The number of aromatic nitrogens is 3. The Bertz CT molecular complexity index is 683. The topological polar surface area (TPSA) is 30.7 Å². The van der Waals surface area contributed by atoms with E-state index >= 15 is 0 Å². The molecule has 84 valence electrons. The molecule has 1 aromatic carbocycles. The van der Waals surface area contributed by atoms with Gasteiger partial charge in [-0.1, -0.05) is 12.1 Å². The fourth-order valence-corrected chi connectivity index (χ4v) is 2.03. The molecular weight excluding hydrogens is 210 g/mol. The SMILES string of the molecule is Cc1cccc2ncc(-c3cnn(C)c3)cc12. The summed E-state index contributed by atoms with van der Waals surface area (Å²) in [6.07, 6.45) is 5.76. The van der Waals surface area contributed by atoms with Gasteiger partial charge in [-0.15, -0.1) is 0 Å². The summed E-state index contributed by atoms with van der Waals surface area (Å²) < 4.78 is 1.80. The Morgan fingerprint density at radius 1 is 1.12 bits per heavy atom. The fraction of sp³-hybridized carbons (Fsp3) is 0.143. The number of aryl methyl sites for hydroxylation is 2. The second-order valence-corrected chi connectivity index (χ2v) is 4.27. The van der Waals surface area contributed by atoms with Crippen molar-refractivity contribution in [2.24, 2.45) is 7.05 Å². The van der Waals surface area contributed by atoms with Crippen molar-refractivity contribution in [3.63, 3.8) is 0 Å². The van der Waals surface area contributed by atoms with Gasteiger partial charge in [0.1, 0.15) is 0 Å². The van der Waals surface area contributed by atoms with Gasteiger partial charge in [0.25, 0.3) is 0 Å². The zero-order valence-corrected chi connectivity index (χ0v) is 9.88. The highest BCUT2D eigenvalue weighted by atomic mass is 15.2. The molecule has 0 aliphatic carbocycles. The van der Waals surface area contributed by atoms with Gasteiger partial charge in [0.15, 0.2) is 0 Å². The molecule has 0 bridgehead atoms. The number of hydrogen-bond acceptors (Lipinski definition) is 2. The Labute approximate surface area is 99.7 Å². The van der Waals surface area contributed by atoms with Gasteiger partial charge in [-0.25, -0.2) is 0 Å². The summed E-state index contributed by atoms with van der Waals surface area (Å²) in [5.74, 6) is 0. The Hall–Kier alpha value is -2.16. The van der Waals surface area contributed by atoms with Gasteiger partial charge in [-0.2, -0.15) is 5.10 Å². The lowest BCUT2D eigenvalue weighted by molar-refractivity contribution is 0.768. The van der Waals surface area contributed by atoms with Crippen molar-refractivity contribution in [2.75, 3.05) is 0 Å². The summed E-state index contributed by atoms with van der Waals surface area (Å²) in [5, 5.41) is 5.39. The number of nitrogens with zero attached hydrogens (tertiary/aromatic N) is 3. The molecule has 0 unspecified atom stereocenters. The van der Waals surface area contributed by atoms with Crippen molar-refractivity contribution in [2.45, 2.75) is 6.92 Å². The third-order valence-corrected chi connectivity index (χ3v) is 2.98. The number of benzene rings is 1. The number of fused-ring (bicyclic) bond motifs is 1. The van der Waals surface area contributed by atoms with Crippen LogP contribution in [0.5, 0.6) is 0 Å². The van der Waals surface area contributed by atoms with E-state index in [0.29, 0.717) is 0 Å². The van der Waals surface area contributed by atoms with Crippen molar-refractivity contribution in [1.82, 2.24) is 14.8 Å². The molecule has 0 fully saturated rings. The first-order valence-electron chi connectivity index (χ1n) is 5.58. The molecule has 0 N–H and O–H groups in total. The van der Waals surface area contributed by atoms with Crippen LogP contribution in [0, 0.1) is 6.92 Å². The normalized spacial score (nSPS) is 10.9. The molecule has 0 radical (unpaired) electrons. The van der Waals surface area contributed by atoms with Crippen LogP contribution in [0.25, 0.3) is 22.0 Å². The number of hydrogen-bond donors (Lipinski definition) is 0. The standard InChI is InChI=1S/C14H13N3/c1-10-4-3-5-14-13(10)6-11(7-15-14)12-8-16-17(2)9-12/h3-9H,1-2H3. The van der Waals surface area contributed by atoms with Crippen LogP contribution in [0.15, 0.2) is 42.9 Å². The van der Waals surface area contributed by atoms with Crippen molar-refractivity contribution < 1.29 is 0 Å². The van der Waals surface area contributed by atoms with Crippen LogP contribution in [-0.2, 0) is 7.05 Å². The lowest BCUT2D eigenvalue weighted by Gasteiger charge is -2.03. The second kappa shape index (κ2) is 3.70. The zero-order valence-electron chi connectivity index (χ0n) is 9.88. The molecule has 3 aromatic rings. The minimum Gasteiger partial charge on any atom is -0.275 e. The van der Waals surface area contributed by atoms with Crippen molar-refractivity contribution >= 4 is 10.9 Å². The van der Waals surface area contributed by atoms with E-state index in [1.54, 1.807) is 4.68 Å². The molecule has 0 spiro atoms. The summed E-state index contributed by atoms with van der Waals surface area (Å²) in [6, 6.07) is 8.36. The quantitative estimate of drug-likeness (QED) is 0.635. The maximum atomic E-state index is 4.49. The molecule has 3 heteroatoms. The van der Waals surface area contributed by atoms with Gasteiger partial charge in [0.2, 0.25) is 0 Å². The van der Waals surface area contributed by atoms with Crippen LogP contribution < -0.4 is 0 Å². The first-order chi connectivity index (χ1) is 8.24. The van der Waals surface area contributed by atoms with E-state index in [9.17, 15) is 0 Å². The lowest BCUT2D eigenvalue weighted by atomic mass is 10.1. The summed E-state index contributed by atoms with van der Waals surface area (Å²) in [4.78, 5) is 4.49. The number of pyridine rings is 1. The molecule has 2 aromatic heterocycles. The molecule has 17 heavy (non-hydrogen) atoms. The smallest absolute Gasteiger partial charge is 0.0705 e. The summed E-state index contributed by atoms with van der Waals surface area (Å²) in [6.45, 7) is 2.11. The molecule has 3 nitrogen and oxygen atoms in total. The van der Waals surface area contributed by atoms with Crippen LogP contribution in [0.3, 0.4) is 0 Å². The molecule has 0 amide bonds. The van der Waals surface area contributed by atoms with E-state index in [1.165, 1.54) is 10.9 Å². The summed E-state index contributed by atoms with van der Waals surface area (Å²) in [5.41, 5.74) is 4.50.